The molecule has 0 bridgehead atoms. The van der Waals surface area contributed by atoms with E-state index in [0.717, 1.165) is 5.76 Å². The highest BCUT2D eigenvalue weighted by molar-refractivity contribution is 7.91. The molecular weight excluding hydrogens is 348 g/mol. The molecular formula is C16H22N2O4S2. The van der Waals surface area contributed by atoms with Gasteiger partial charge < -0.3 is 9.73 Å². The second-order valence-electron chi connectivity index (χ2n) is 5.60. The summed E-state index contributed by atoms with van der Waals surface area (Å²) in [5.74, 6) is 1.38. The van der Waals surface area contributed by atoms with Crippen LogP contribution < -0.4 is 5.32 Å². The second kappa shape index (κ2) is 7.96. The summed E-state index contributed by atoms with van der Waals surface area (Å²) >= 11 is 1.19. The van der Waals surface area contributed by atoms with Gasteiger partial charge in [0.05, 0.1) is 6.04 Å². The lowest BCUT2D eigenvalue weighted by Crippen LogP contribution is -2.30. The van der Waals surface area contributed by atoms with Gasteiger partial charge >= 0.3 is 0 Å². The first-order valence-corrected chi connectivity index (χ1v) is 9.98. The van der Waals surface area contributed by atoms with Crippen LogP contribution >= 0.6 is 11.3 Å². The van der Waals surface area contributed by atoms with E-state index in [0.29, 0.717) is 22.9 Å². The molecule has 1 atom stereocenters. The van der Waals surface area contributed by atoms with Gasteiger partial charge in [-0.15, -0.1) is 11.3 Å². The number of nitrogens with zero attached hydrogens (tertiary/aromatic N) is 1. The van der Waals surface area contributed by atoms with Crippen molar-refractivity contribution in [2.75, 3.05) is 13.6 Å². The Balaban J connectivity index is 1.78. The van der Waals surface area contributed by atoms with Crippen molar-refractivity contribution in [3.8, 4) is 0 Å². The molecule has 24 heavy (non-hydrogen) atoms. The van der Waals surface area contributed by atoms with Crippen molar-refractivity contribution in [3.05, 3.63) is 41.2 Å². The van der Waals surface area contributed by atoms with Crippen LogP contribution in [0, 0.1) is 6.92 Å². The Kier molecular flexibility index (Phi) is 6.20. The molecule has 0 radical (unpaired) electrons. The van der Waals surface area contributed by atoms with Crippen LogP contribution in [-0.4, -0.2) is 32.2 Å². The minimum absolute atomic E-state index is 0.126. The van der Waals surface area contributed by atoms with E-state index < -0.39 is 10.0 Å². The summed E-state index contributed by atoms with van der Waals surface area (Å²) in [4.78, 5) is 12.0. The molecule has 0 aliphatic rings. The number of amides is 1. The van der Waals surface area contributed by atoms with Crippen LogP contribution in [0.1, 0.15) is 37.3 Å². The first-order valence-electron chi connectivity index (χ1n) is 7.66. The molecule has 0 aliphatic heterocycles. The Hall–Kier alpha value is -1.64. The number of carbonyl (C=O) groups excluding carboxylic acids is 1. The molecule has 0 saturated carbocycles. The van der Waals surface area contributed by atoms with Crippen LogP contribution in [0.2, 0.25) is 0 Å². The third kappa shape index (κ3) is 4.68. The number of hydrogen-bond acceptors (Lipinski definition) is 5. The van der Waals surface area contributed by atoms with Gasteiger partial charge in [-0.2, -0.15) is 0 Å². The minimum Gasteiger partial charge on any atom is -0.464 e. The van der Waals surface area contributed by atoms with Crippen molar-refractivity contribution in [3.63, 3.8) is 0 Å². The third-order valence-corrected chi connectivity index (χ3v) is 6.83. The van der Waals surface area contributed by atoms with Crippen LogP contribution in [0.4, 0.5) is 0 Å². The monoisotopic (exact) mass is 370 g/mol. The van der Waals surface area contributed by atoms with Gasteiger partial charge in [0.2, 0.25) is 5.91 Å². The number of nitrogens with one attached hydrogen (secondary N) is 1. The Morgan fingerprint density at radius 2 is 2.12 bits per heavy atom. The number of rotatable bonds is 8. The van der Waals surface area contributed by atoms with Gasteiger partial charge in [0.1, 0.15) is 15.7 Å². The summed E-state index contributed by atoms with van der Waals surface area (Å²) in [7, 11) is -1.92. The standard InChI is InChI=1S/C16H22N2O4S2/c1-12-8-9-14(22-12)13(2)17-15(19)6-4-10-18(3)24(20,21)16-7-5-11-23-16/h5,7-9,11,13H,4,6,10H2,1-3H3,(H,17,19). The van der Waals surface area contributed by atoms with E-state index >= 15 is 0 Å². The Morgan fingerprint density at radius 3 is 2.71 bits per heavy atom. The highest BCUT2D eigenvalue weighted by Gasteiger charge is 2.21. The SMILES string of the molecule is Cc1ccc(C(C)NC(=O)CCCN(C)S(=O)(=O)c2cccs2)o1. The third-order valence-electron chi connectivity index (χ3n) is 3.60. The van der Waals surface area contributed by atoms with Gasteiger partial charge in [-0.25, -0.2) is 12.7 Å². The number of sulfonamides is 1. The van der Waals surface area contributed by atoms with Crippen molar-refractivity contribution in [2.24, 2.45) is 0 Å². The summed E-state index contributed by atoms with van der Waals surface area (Å²) in [5.41, 5.74) is 0. The summed E-state index contributed by atoms with van der Waals surface area (Å²) in [6.45, 7) is 3.99. The molecule has 132 valence electrons. The zero-order chi connectivity index (χ0) is 17.7. The van der Waals surface area contributed by atoms with E-state index in [9.17, 15) is 13.2 Å². The van der Waals surface area contributed by atoms with Crippen molar-refractivity contribution >= 4 is 27.3 Å². The topological polar surface area (TPSA) is 79.6 Å². The van der Waals surface area contributed by atoms with Gasteiger partial charge in [-0.1, -0.05) is 6.07 Å². The zero-order valence-corrected chi connectivity index (χ0v) is 15.6. The fraction of sp³-hybridized carbons (Fsp3) is 0.438. The lowest BCUT2D eigenvalue weighted by atomic mass is 10.2. The summed E-state index contributed by atoms with van der Waals surface area (Å²) < 4.78 is 31.6. The Morgan fingerprint density at radius 1 is 1.38 bits per heavy atom. The van der Waals surface area contributed by atoms with E-state index in [1.54, 1.807) is 17.5 Å². The average Bonchev–Trinajstić information content (AvgIpc) is 3.18. The van der Waals surface area contributed by atoms with E-state index in [4.69, 9.17) is 4.42 Å². The maximum atomic E-state index is 12.3. The van der Waals surface area contributed by atoms with Crippen molar-refractivity contribution in [2.45, 2.75) is 36.9 Å². The molecule has 6 nitrogen and oxygen atoms in total. The van der Waals surface area contributed by atoms with Gasteiger partial charge in [-0.05, 0) is 43.8 Å². The summed E-state index contributed by atoms with van der Waals surface area (Å²) in [6, 6.07) is 6.76. The van der Waals surface area contributed by atoms with Crippen molar-refractivity contribution < 1.29 is 17.6 Å². The quantitative estimate of drug-likeness (QED) is 0.775. The number of thiophene rings is 1. The maximum absolute atomic E-state index is 12.3. The molecule has 0 saturated heterocycles. The largest absolute Gasteiger partial charge is 0.464 e. The number of carbonyl (C=O) groups is 1. The number of hydrogen-bond donors (Lipinski definition) is 1. The molecule has 2 heterocycles. The lowest BCUT2D eigenvalue weighted by molar-refractivity contribution is -0.122. The fourth-order valence-corrected chi connectivity index (χ4v) is 4.63. The summed E-state index contributed by atoms with van der Waals surface area (Å²) in [6.07, 6.45) is 0.713. The van der Waals surface area contributed by atoms with Crippen LogP contribution in [-0.2, 0) is 14.8 Å². The van der Waals surface area contributed by atoms with Crippen LogP contribution in [0.5, 0.6) is 0 Å². The van der Waals surface area contributed by atoms with Gasteiger partial charge in [0, 0.05) is 20.0 Å². The normalized spacial score (nSPS) is 13.2. The van der Waals surface area contributed by atoms with E-state index in [-0.39, 0.29) is 18.4 Å². The molecule has 0 aromatic carbocycles. The van der Waals surface area contributed by atoms with E-state index in [1.165, 1.54) is 22.7 Å². The molecule has 0 aliphatic carbocycles. The van der Waals surface area contributed by atoms with Crippen LogP contribution in [0.3, 0.4) is 0 Å². The second-order valence-corrected chi connectivity index (χ2v) is 8.82. The predicted molar refractivity (Wildman–Crippen MR) is 93.4 cm³/mol. The summed E-state index contributed by atoms with van der Waals surface area (Å²) in [5, 5.41) is 4.58. The molecule has 2 aromatic heterocycles. The molecule has 2 aromatic rings. The van der Waals surface area contributed by atoms with Crippen molar-refractivity contribution in [1.82, 2.24) is 9.62 Å². The van der Waals surface area contributed by atoms with E-state index in [1.807, 2.05) is 26.0 Å². The fourth-order valence-electron chi connectivity index (χ4n) is 2.22. The first-order chi connectivity index (χ1) is 11.3. The number of furan rings is 1. The van der Waals surface area contributed by atoms with Gasteiger partial charge in [0.25, 0.3) is 10.0 Å². The van der Waals surface area contributed by atoms with E-state index in [2.05, 4.69) is 5.32 Å². The molecule has 8 heteroatoms. The van der Waals surface area contributed by atoms with Crippen molar-refractivity contribution in [1.29, 1.82) is 0 Å². The minimum atomic E-state index is -3.45. The highest BCUT2D eigenvalue weighted by atomic mass is 32.2. The number of aryl methyl sites for hydroxylation is 1. The Bertz CT molecular complexity index is 766. The van der Waals surface area contributed by atoms with Gasteiger partial charge in [0.15, 0.2) is 0 Å². The molecule has 1 amide bonds. The predicted octanol–water partition coefficient (Wildman–Crippen LogP) is 2.93. The molecule has 1 unspecified atom stereocenters. The van der Waals surface area contributed by atoms with Crippen LogP contribution in [0.25, 0.3) is 0 Å². The Labute approximate surface area is 146 Å². The molecule has 1 N–H and O–H groups in total. The first kappa shape index (κ1) is 18.7. The van der Waals surface area contributed by atoms with Crippen LogP contribution in [0.15, 0.2) is 38.3 Å². The average molecular weight is 370 g/mol. The molecule has 0 spiro atoms. The highest BCUT2D eigenvalue weighted by Crippen LogP contribution is 2.20. The molecule has 2 rings (SSSR count). The maximum Gasteiger partial charge on any atom is 0.252 e. The zero-order valence-electron chi connectivity index (χ0n) is 14.0. The lowest BCUT2D eigenvalue weighted by Gasteiger charge is -2.16. The smallest absolute Gasteiger partial charge is 0.252 e. The van der Waals surface area contributed by atoms with Gasteiger partial charge in [-0.3, -0.25) is 4.79 Å². The molecule has 0 fully saturated rings.